The van der Waals surface area contributed by atoms with E-state index in [-0.39, 0.29) is 17.4 Å². The summed E-state index contributed by atoms with van der Waals surface area (Å²) in [7, 11) is -3.84. The summed E-state index contributed by atoms with van der Waals surface area (Å²) in [5, 5.41) is 14.5. The number of aliphatic hydroxyl groups excluding tert-OH is 1. The maximum absolute atomic E-state index is 12.7. The van der Waals surface area contributed by atoms with E-state index in [1.165, 1.54) is 18.2 Å². The number of benzene rings is 1. The van der Waals surface area contributed by atoms with Gasteiger partial charge in [-0.2, -0.15) is 13.2 Å². The summed E-state index contributed by atoms with van der Waals surface area (Å²) in [6, 6.07) is 7.98. The van der Waals surface area contributed by atoms with Crippen LogP contribution in [0.1, 0.15) is 16.8 Å². The molecule has 0 amide bonds. The largest absolute Gasteiger partial charge is 0.417 e. The van der Waals surface area contributed by atoms with Crippen LogP contribution >= 0.6 is 0 Å². The minimum Gasteiger partial charge on any atom is -0.395 e. The van der Waals surface area contributed by atoms with Gasteiger partial charge in [0.25, 0.3) is 0 Å². The Balaban J connectivity index is 1.98. The number of nitrogens with two attached hydrogens (primary N) is 1. The first-order valence-corrected chi connectivity index (χ1v) is 9.36. The zero-order valence-corrected chi connectivity index (χ0v) is 14.6. The average molecular weight is 396 g/mol. The molecule has 27 heavy (non-hydrogen) atoms. The van der Waals surface area contributed by atoms with Gasteiger partial charge in [0.2, 0.25) is 10.0 Å². The highest BCUT2D eigenvalue weighted by Gasteiger charge is 2.31. The molecule has 1 aliphatic rings. The summed E-state index contributed by atoms with van der Waals surface area (Å²) in [4.78, 5) is 3.85. The van der Waals surface area contributed by atoms with E-state index in [0.29, 0.717) is 22.4 Å². The van der Waals surface area contributed by atoms with Gasteiger partial charge in [-0.1, -0.05) is 24.3 Å². The summed E-state index contributed by atoms with van der Waals surface area (Å²) >= 11 is 0. The van der Waals surface area contributed by atoms with Crippen LogP contribution in [0.2, 0.25) is 0 Å². The number of alkyl halides is 3. The number of allylic oxidation sites excluding steroid dienone is 2. The number of pyridine rings is 1. The highest BCUT2D eigenvalue weighted by Crippen LogP contribution is 2.38. The Hall–Kier alpha value is -2.49. The second-order valence-corrected chi connectivity index (χ2v) is 7.57. The minimum atomic E-state index is -4.48. The van der Waals surface area contributed by atoms with E-state index in [2.05, 4.69) is 4.98 Å². The summed E-state index contributed by atoms with van der Waals surface area (Å²) in [6.07, 6.45) is -0.269. The lowest BCUT2D eigenvalue weighted by Gasteiger charge is -2.11. The molecule has 2 aromatic rings. The third-order valence-electron chi connectivity index (χ3n) is 4.12. The molecule has 142 valence electrons. The number of aliphatic hydroxyl groups is 1. The molecule has 3 N–H and O–H groups in total. The smallest absolute Gasteiger partial charge is 0.395 e. The number of sulfonamides is 1. The van der Waals surface area contributed by atoms with Crippen molar-refractivity contribution in [2.45, 2.75) is 11.1 Å². The van der Waals surface area contributed by atoms with Gasteiger partial charge in [0, 0.05) is 17.7 Å². The fraction of sp³-hybridized carbons (Fsp3) is 0.167. The van der Waals surface area contributed by atoms with Gasteiger partial charge in [-0.3, -0.25) is 4.98 Å². The average Bonchev–Trinajstić information content (AvgIpc) is 3.05. The Bertz CT molecular complexity index is 1010. The topological polar surface area (TPSA) is 93.3 Å². The molecule has 3 rings (SSSR count). The Kier molecular flexibility index (Phi) is 4.94. The summed E-state index contributed by atoms with van der Waals surface area (Å²) < 4.78 is 61.0. The lowest BCUT2D eigenvalue weighted by molar-refractivity contribution is -0.137. The maximum atomic E-state index is 12.7. The Morgan fingerprint density at radius 1 is 1.04 bits per heavy atom. The zero-order chi connectivity index (χ0) is 19.8. The van der Waals surface area contributed by atoms with Crippen molar-refractivity contribution in [1.29, 1.82) is 0 Å². The molecule has 9 heteroatoms. The van der Waals surface area contributed by atoms with Crippen molar-refractivity contribution in [1.82, 2.24) is 4.98 Å². The van der Waals surface area contributed by atoms with Crippen molar-refractivity contribution in [3.05, 3.63) is 71.6 Å². The van der Waals surface area contributed by atoms with E-state index < -0.39 is 21.8 Å². The first-order chi connectivity index (χ1) is 12.6. The molecule has 5 nitrogen and oxygen atoms in total. The van der Waals surface area contributed by atoms with Crippen molar-refractivity contribution in [3.8, 4) is 0 Å². The van der Waals surface area contributed by atoms with Crippen LogP contribution in [0, 0.1) is 5.92 Å². The predicted octanol–water partition coefficient (Wildman–Crippen LogP) is 2.84. The highest BCUT2D eigenvalue weighted by atomic mass is 32.2. The Morgan fingerprint density at radius 2 is 1.67 bits per heavy atom. The molecular formula is C18H15F3N2O3S. The molecule has 1 aliphatic carbocycles. The lowest BCUT2D eigenvalue weighted by atomic mass is 9.98. The van der Waals surface area contributed by atoms with E-state index in [9.17, 15) is 26.7 Å². The third kappa shape index (κ3) is 4.10. The van der Waals surface area contributed by atoms with Gasteiger partial charge in [-0.25, -0.2) is 13.6 Å². The molecule has 1 aromatic heterocycles. The molecular weight excluding hydrogens is 381 g/mol. The number of nitrogens with zero attached hydrogens (tertiary/aromatic N) is 1. The Morgan fingerprint density at radius 3 is 2.15 bits per heavy atom. The molecule has 0 radical (unpaired) electrons. The standard InChI is InChI=1S/C18H15F3N2O3S/c19-18(20,21)13-3-6-17(23-9-13)16-8-11(10-24)7-15(16)12-1-4-14(5-2-12)27(22,25)26/h1-9,11,24H,10H2,(H2,22,25,26). The van der Waals surface area contributed by atoms with Crippen molar-refractivity contribution < 1.29 is 26.7 Å². The minimum absolute atomic E-state index is 0.0539. The van der Waals surface area contributed by atoms with E-state index in [0.717, 1.165) is 12.3 Å². The maximum Gasteiger partial charge on any atom is 0.417 e. The van der Waals surface area contributed by atoms with Crippen LogP contribution in [-0.2, 0) is 16.2 Å². The Labute approximate surface area is 153 Å². The summed E-state index contributed by atoms with van der Waals surface area (Å²) in [5.41, 5.74) is 1.30. The van der Waals surface area contributed by atoms with Gasteiger partial charge in [0.1, 0.15) is 0 Å². The number of primary sulfonamides is 1. The fourth-order valence-electron chi connectivity index (χ4n) is 2.78. The van der Waals surface area contributed by atoms with Crippen LogP contribution in [0.3, 0.4) is 0 Å². The fourth-order valence-corrected chi connectivity index (χ4v) is 3.30. The number of rotatable bonds is 4. The highest BCUT2D eigenvalue weighted by molar-refractivity contribution is 7.89. The SMILES string of the molecule is NS(=O)(=O)c1ccc(C2=CC(CO)C=C2c2ccc(C(F)(F)F)cn2)cc1. The number of hydrogen-bond acceptors (Lipinski definition) is 4. The van der Waals surface area contributed by atoms with Gasteiger partial charge in [-0.15, -0.1) is 0 Å². The first-order valence-electron chi connectivity index (χ1n) is 7.81. The van der Waals surface area contributed by atoms with Crippen molar-refractivity contribution in [2.75, 3.05) is 6.61 Å². The zero-order valence-electron chi connectivity index (χ0n) is 13.8. The monoisotopic (exact) mass is 396 g/mol. The normalized spacial score (nSPS) is 17.6. The van der Waals surface area contributed by atoms with Crippen molar-refractivity contribution >= 4 is 21.2 Å². The van der Waals surface area contributed by atoms with Gasteiger partial charge in [-0.05, 0) is 35.4 Å². The second kappa shape index (κ2) is 6.91. The van der Waals surface area contributed by atoms with Crippen LogP contribution < -0.4 is 5.14 Å². The molecule has 1 aromatic carbocycles. The third-order valence-corrected chi connectivity index (χ3v) is 5.05. The van der Waals surface area contributed by atoms with Crippen LogP contribution in [-0.4, -0.2) is 25.1 Å². The molecule has 0 saturated heterocycles. The second-order valence-electron chi connectivity index (χ2n) is 6.01. The lowest BCUT2D eigenvalue weighted by Crippen LogP contribution is -2.11. The van der Waals surface area contributed by atoms with Gasteiger partial charge >= 0.3 is 6.18 Å². The molecule has 0 spiro atoms. The van der Waals surface area contributed by atoms with Gasteiger partial charge < -0.3 is 5.11 Å². The van der Waals surface area contributed by atoms with Crippen molar-refractivity contribution in [2.24, 2.45) is 11.1 Å². The quantitative estimate of drug-likeness (QED) is 0.831. The molecule has 1 atom stereocenters. The molecule has 1 heterocycles. The van der Waals surface area contributed by atoms with E-state index in [1.807, 2.05) is 0 Å². The number of hydrogen-bond donors (Lipinski definition) is 2. The van der Waals surface area contributed by atoms with Crippen molar-refractivity contribution in [3.63, 3.8) is 0 Å². The van der Waals surface area contributed by atoms with E-state index in [4.69, 9.17) is 5.14 Å². The van der Waals surface area contributed by atoms with Gasteiger partial charge in [0.05, 0.1) is 22.8 Å². The molecule has 0 aliphatic heterocycles. The first kappa shape index (κ1) is 19.3. The van der Waals surface area contributed by atoms with E-state index >= 15 is 0 Å². The van der Waals surface area contributed by atoms with E-state index in [1.54, 1.807) is 24.3 Å². The summed E-state index contributed by atoms with van der Waals surface area (Å²) in [6.45, 7) is -0.178. The van der Waals surface area contributed by atoms with Crippen LogP contribution in [0.4, 0.5) is 13.2 Å². The summed E-state index contributed by atoms with van der Waals surface area (Å²) in [5.74, 6) is -0.322. The number of aromatic nitrogens is 1. The molecule has 0 fully saturated rings. The number of halogens is 3. The molecule has 0 bridgehead atoms. The van der Waals surface area contributed by atoms with Crippen LogP contribution in [0.25, 0.3) is 11.1 Å². The predicted molar refractivity (Wildman–Crippen MR) is 93.6 cm³/mol. The van der Waals surface area contributed by atoms with Crippen LogP contribution in [0.5, 0.6) is 0 Å². The molecule has 1 unspecified atom stereocenters. The van der Waals surface area contributed by atoms with Gasteiger partial charge in [0.15, 0.2) is 0 Å². The van der Waals surface area contributed by atoms with Crippen LogP contribution in [0.15, 0.2) is 59.6 Å². The molecule has 0 saturated carbocycles.